The number of nitrogens with zero attached hydrogens (tertiary/aromatic N) is 3. The Kier molecular flexibility index (Phi) is 8.13. The molecule has 0 aliphatic heterocycles. The first-order valence-electron chi connectivity index (χ1n) is 8.72. The number of esters is 2. The molecule has 0 N–H and O–H groups in total. The van der Waals surface area contributed by atoms with Crippen LogP contribution in [0.3, 0.4) is 0 Å². The molecule has 0 amide bonds. The molecule has 0 fully saturated rings. The summed E-state index contributed by atoms with van der Waals surface area (Å²) in [6.45, 7) is 10.0. The first-order valence-corrected chi connectivity index (χ1v) is 8.72. The minimum atomic E-state index is -0.620. The smallest absolute Gasteiger partial charge is 0.344 e. The Morgan fingerprint density at radius 2 is 1.32 bits per heavy atom. The molecule has 28 heavy (non-hydrogen) atoms. The van der Waals surface area contributed by atoms with E-state index in [4.69, 9.17) is 24.5 Å². The van der Waals surface area contributed by atoms with Gasteiger partial charge in [0.1, 0.15) is 22.7 Å². The molecule has 0 spiro atoms. The maximum atomic E-state index is 11.8. The monoisotopic (exact) mass is 393 g/mol. The lowest BCUT2D eigenvalue weighted by Gasteiger charge is -2.20. The molecular formula is C19H27N3O6. The maximum absolute atomic E-state index is 11.8. The zero-order valence-electron chi connectivity index (χ0n) is 17.1. The number of rotatable bonds is 8. The fourth-order valence-electron chi connectivity index (χ4n) is 2.03. The van der Waals surface area contributed by atoms with Crippen molar-refractivity contribution < 1.29 is 28.5 Å². The zero-order valence-corrected chi connectivity index (χ0v) is 17.1. The van der Waals surface area contributed by atoms with Crippen LogP contribution in [-0.2, 0) is 25.6 Å². The Hall–Kier alpha value is -2.93. The topological polar surface area (TPSA) is 120 Å². The Labute approximate surface area is 164 Å². The van der Waals surface area contributed by atoms with E-state index in [-0.39, 0.29) is 19.8 Å². The second-order valence-corrected chi connectivity index (χ2v) is 7.95. The quantitative estimate of drug-likeness (QED) is 0.285. The summed E-state index contributed by atoms with van der Waals surface area (Å²) in [7, 11) is 0. The van der Waals surface area contributed by atoms with Crippen molar-refractivity contribution in [2.75, 3.05) is 13.2 Å². The molecule has 0 aliphatic carbocycles. The van der Waals surface area contributed by atoms with Gasteiger partial charge in [0.15, 0.2) is 13.2 Å². The second-order valence-electron chi connectivity index (χ2n) is 7.95. The molecule has 1 rings (SSSR count). The average molecular weight is 393 g/mol. The first kappa shape index (κ1) is 23.1. The van der Waals surface area contributed by atoms with E-state index in [1.807, 2.05) is 0 Å². The van der Waals surface area contributed by atoms with E-state index in [1.54, 1.807) is 53.7 Å². The maximum Gasteiger partial charge on any atom is 0.344 e. The van der Waals surface area contributed by atoms with Crippen molar-refractivity contribution in [3.05, 3.63) is 34.2 Å². The average Bonchev–Trinajstić information content (AvgIpc) is 2.53. The predicted molar refractivity (Wildman–Crippen MR) is 102 cm³/mol. The molecule has 0 saturated carbocycles. The van der Waals surface area contributed by atoms with Crippen molar-refractivity contribution >= 4 is 11.9 Å². The second kappa shape index (κ2) is 9.85. The van der Waals surface area contributed by atoms with Crippen LogP contribution in [0, 0.1) is 0 Å². The van der Waals surface area contributed by atoms with Crippen molar-refractivity contribution in [3.63, 3.8) is 0 Å². The summed E-state index contributed by atoms with van der Waals surface area (Å²) in [5, 5.41) is 3.50. The summed E-state index contributed by atoms with van der Waals surface area (Å²) in [5.41, 5.74) is 7.87. The van der Waals surface area contributed by atoms with E-state index in [1.165, 1.54) is 6.07 Å². The molecular weight excluding hydrogens is 366 g/mol. The number of hydrogen-bond acceptors (Lipinski definition) is 7. The van der Waals surface area contributed by atoms with Crippen LogP contribution in [0.15, 0.2) is 23.3 Å². The molecule has 0 unspecified atom stereocenters. The van der Waals surface area contributed by atoms with Gasteiger partial charge in [0.05, 0.1) is 6.54 Å². The van der Waals surface area contributed by atoms with Gasteiger partial charge in [-0.1, -0.05) is 5.11 Å². The highest BCUT2D eigenvalue weighted by atomic mass is 16.6. The minimum Gasteiger partial charge on any atom is -0.482 e. The first-order chi connectivity index (χ1) is 12.9. The fourth-order valence-corrected chi connectivity index (χ4v) is 2.03. The molecule has 0 heterocycles. The molecule has 0 atom stereocenters. The van der Waals surface area contributed by atoms with E-state index in [0.717, 1.165) is 0 Å². The van der Waals surface area contributed by atoms with Crippen LogP contribution in [-0.4, -0.2) is 36.4 Å². The van der Waals surface area contributed by atoms with Crippen molar-refractivity contribution in [2.24, 2.45) is 5.11 Å². The van der Waals surface area contributed by atoms with Gasteiger partial charge < -0.3 is 18.9 Å². The lowest BCUT2D eigenvalue weighted by Crippen LogP contribution is -2.27. The van der Waals surface area contributed by atoms with Gasteiger partial charge in [-0.3, -0.25) is 0 Å². The highest BCUT2D eigenvalue weighted by molar-refractivity contribution is 5.72. The SMILES string of the molecule is CC(C)(C)OC(=O)COc1cc(CN=[N+]=[N-])cc(OCC(=O)OC(C)(C)C)c1. The Balaban J connectivity index is 2.83. The van der Waals surface area contributed by atoms with Gasteiger partial charge in [0.2, 0.25) is 0 Å². The Bertz CT molecular complexity index is 693. The number of ether oxygens (including phenoxy) is 4. The molecule has 0 aliphatic rings. The van der Waals surface area contributed by atoms with E-state index in [0.29, 0.717) is 17.1 Å². The van der Waals surface area contributed by atoms with Crippen LogP contribution in [0.4, 0.5) is 0 Å². The minimum absolute atomic E-state index is 0.0585. The van der Waals surface area contributed by atoms with Gasteiger partial charge in [-0.15, -0.1) is 0 Å². The Morgan fingerprint density at radius 3 is 1.68 bits per heavy atom. The van der Waals surface area contributed by atoms with Gasteiger partial charge in [-0.2, -0.15) is 0 Å². The highest BCUT2D eigenvalue weighted by Crippen LogP contribution is 2.24. The molecule has 0 bridgehead atoms. The molecule has 0 radical (unpaired) electrons. The summed E-state index contributed by atoms with van der Waals surface area (Å²) in [4.78, 5) is 26.3. The van der Waals surface area contributed by atoms with Crippen molar-refractivity contribution in [2.45, 2.75) is 59.3 Å². The third-order valence-electron chi connectivity index (χ3n) is 2.81. The molecule has 154 valence electrons. The third-order valence-corrected chi connectivity index (χ3v) is 2.81. The molecule has 9 nitrogen and oxygen atoms in total. The highest BCUT2D eigenvalue weighted by Gasteiger charge is 2.18. The summed E-state index contributed by atoms with van der Waals surface area (Å²) in [6.07, 6.45) is 0. The molecule has 9 heteroatoms. The van der Waals surface area contributed by atoms with Crippen LogP contribution >= 0.6 is 0 Å². The largest absolute Gasteiger partial charge is 0.482 e. The molecule has 1 aromatic carbocycles. The summed E-state index contributed by atoms with van der Waals surface area (Å²) < 4.78 is 21.3. The van der Waals surface area contributed by atoms with Gasteiger partial charge in [0.25, 0.3) is 0 Å². The van der Waals surface area contributed by atoms with Crippen molar-refractivity contribution in [1.82, 2.24) is 0 Å². The number of carbonyl (C=O) groups is 2. The number of hydrogen-bond donors (Lipinski definition) is 0. The van der Waals surface area contributed by atoms with E-state index in [9.17, 15) is 9.59 Å². The fraction of sp³-hybridized carbons (Fsp3) is 0.579. The van der Waals surface area contributed by atoms with Crippen LogP contribution < -0.4 is 9.47 Å². The summed E-state index contributed by atoms with van der Waals surface area (Å²) in [6, 6.07) is 4.74. The van der Waals surface area contributed by atoms with Crippen molar-refractivity contribution in [3.8, 4) is 11.5 Å². The third kappa shape index (κ3) is 10.3. The van der Waals surface area contributed by atoms with E-state index >= 15 is 0 Å². The molecule has 0 aromatic heterocycles. The van der Waals surface area contributed by atoms with Crippen LogP contribution in [0.1, 0.15) is 47.1 Å². The van der Waals surface area contributed by atoms with E-state index < -0.39 is 23.1 Å². The summed E-state index contributed by atoms with van der Waals surface area (Å²) >= 11 is 0. The predicted octanol–water partition coefficient (Wildman–Crippen LogP) is 3.94. The van der Waals surface area contributed by atoms with Gasteiger partial charge in [0, 0.05) is 11.0 Å². The molecule has 1 aromatic rings. The zero-order chi connectivity index (χ0) is 21.4. The van der Waals surface area contributed by atoms with Crippen molar-refractivity contribution in [1.29, 1.82) is 0 Å². The molecule has 0 saturated heterocycles. The standard InChI is InChI=1S/C19H27N3O6/c1-18(2,3)27-16(23)11-25-14-7-13(10-21-22-20)8-15(9-14)26-12-17(24)28-19(4,5)6/h7-9H,10-12H2,1-6H3. The number of azide groups is 1. The van der Waals surface area contributed by atoms with Crippen LogP contribution in [0.5, 0.6) is 11.5 Å². The summed E-state index contributed by atoms with van der Waals surface area (Å²) in [5.74, 6) is -0.417. The van der Waals surface area contributed by atoms with Crippen LogP contribution in [0.25, 0.3) is 10.4 Å². The lowest BCUT2D eigenvalue weighted by molar-refractivity contribution is -0.158. The van der Waals surface area contributed by atoms with Gasteiger partial charge in [-0.25, -0.2) is 9.59 Å². The van der Waals surface area contributed by atoms with E-state index in [2.05, 4.69) is 10.0 Å². The van der Waals surface area contributed by atoms with Gasteiger partial charge >= 0.3 is 11.9 Å². The Morgan fingerprint density at radius 1 is 0.893 bits per heavy atom. The normalized spacial score (nSPS) is 11.2. The lowest BCUT2D eigenvalue weighted by atomic mass is 10.2. The number of benzene rings is 1. The van der Waals surface area contributed by atoms with Crippen LogP contribution in [0.2, 0.25) is 0 Å². The number of carbonyl (C=O) groups excluding carboxylic acids is 2. The van der Waals surface area contributed by atoms with Gasteiger partial charge in [-0.05, 0) is 64.8 Å².